The van der Waals surface area contributed by atoms with Crippen molar-refractivity contribution in [3.8, 4) is 11.5 Å². The molecule has 4 rings (SSSR count). The number of carbonyl (C=O) groups is 1. The zero-order chi connectivity index (χ0) is 17.1. The Morgan fingerprint density at radius 3 is 2.88 bits per heavy atom. The molecule has 1 fully saturated rings. The standard InChI is InChI=1S/C20H22O4/c1-4-11-5-6-13-14(9-11)18(24-19(22)23-3)15-12-7-8-20(2,10-12)16(15)17(13)21/h5-6,9,12,21H,4,7-8,10H2,1-3H3. The first-order chi connectivity index (χ1) is 11.5. The minimum absolute atomic E-state index is 0.0318. The van der Waals surface area contributed by atoms with Gasteiger partial charge in [0.25, 0.3) is 0 Å². The van der Waals surface area contributed by atoms with E-state index in [1.54, 1.807) is 0 Å². The van der Waals surface area contributed by atoms with E-state index in [0.717, 1.165) is 53.1 Å². The number of phenols is 1. The van der Waals surface area contributed by atoms with Crippen LogP contribution in [0.25, 0.3) is 10.8 Å². The summed E-state index contributed by atoms with van der Waals surface area (Å²) >= 11 is 0. The molecule has 2 aliphatic rings. The fourth-order valence-corrected chi connectivity index (χ4v) is 4.68. The van der Waals surface area contributed by atoms with E-state index in [1.165, 1.54) is 7.11 Å². The highest BCUT2D eigenvalue weighted by Crippen LogP contribution is 2.63. The quantitative estimate of drug-likeness (QED) is 0.636. The van der Waals surface area contributed by atoms with Gasteiger partial charge >= 0.3 is 6.16 Å². The van der Waals surface area contributed by atoms with Crippen molar-refractivity contribution in [1.82, 2.24) is 0 Å². The van der Waals surface area contributed by atoms with Crippen LogP contribution in [0, 0.1) is 0 Å². The molecule has 4 heteroatoms. The molecule has 126 valence electrons. The van der Waals surface area contributed by atoms with Gasteiger partial charge in [0, 0.05) is 21.9 Å². The van der Waals surface area contributed by atoms with Crippen LogP contribution in [0.5, 0.6) is 11.5 Å². The van der Waals surface area contributed by atoms with Crippen molar-refractivity contribution in [2.75, 3.05) is 7.11 Å². The van der Waals surface area contributed by atoms with Gasteiger partial charge in [-0.25, -0.2) is 4.79 Å². The molecule has 0 aromatic heterocycles. The maximum absolute atomic E-state index is 11.8. The molecular weight excluding hydrogens is 304 g/mol. The average molecular weight is 326 g/mol. The highest BCUT2D eigenvalue weighted by Gasteiger charge is 2.50. The van der Waals surface area contributed by atoms with Crippen LogP contribution in [-0.2, 0) is 16.6 Å². The van der Waals surface area contributed by atoms with E-state index in [-0.39, 0.29) is 5.41 Å². The number of rotatable bonds is 2. The Morgan fingerprint density at radius 2 is 2.17 bits per heavy atom. The van der Waals surface area contributed by atoms with Crippen LogP contribution >= 0.6 is 0 Å². The number of carbonyl (C=O) groups excluding carboxylic acids is 1. The molecule has 2 unspecified atom stereocenters. The number of phenolic OH excluding ortho intramolecular Hbond substituents is 1. The lowest BCUT2D eigenvalue weighted by atomic mass is 9.78. The largest absolute Gasteiger partial charge is 0.513 e. The van der Waals surface area contributed by atoms with Gasteiger partial charge in [0.15, 0.2) is 0 Å². The molecular formula is C20H22O4. The number of methoxy groups -OCH3 is 1. The second kappa shape index (κ2) is 5.13. The van der Waals surface area contributed by atoms with Gasteiger partial charge in [0.05, 0.1) is 7.11 Å². The predicted molar refractivity (Wildman–Crippen MR) is 92.0 cm³/mol. The third kappa shape index (κ3) is 1.95. The summed E-state index contributed by atoms with van der Waals surface area (Å²) in [5.74, 6) is 1.27. The molecule has 2 aromatic carbocycles. The minimum atomic E-state index is -0.709. The number of aryl methyl sites for hydroxylation is 1. The van der Waals surface area contributed by atoms with E-state index in [4.69, 9.17) is 9.47 Å². The Kier molecular flexibility index (Phi) is 3.27. The molecule has 24 heavy (non-hydrogen) atoms. The number of hydrogen-bond acceptors (Lipinski definition) is 4. The Labute approximate surface area is 141 Å². The fourth-order valence-electron chi connectivity index (χ4n) is 4.68. The molecule has 0 aliphatic heterocycles. The van der Waals surface area contributed by atoms with Crippen molar-refractivity contribution >= 4 is 16.9 Å². The molecule has 0 radical (unpaired) electrons. The van der Waals surface area contributed by atoms with E-state index in [1.807, 2.05) is 18.2 Å². The first-order valence-electron chi connectivity index (χ1n) is 8.56. The van der Waals surface area contributed by atoms with Gasteiger partial charge < -0.3 is 14.6 Å². The van der Waals surface area contributed by atoms with Gasteiger partial charge in [-0.15, -0.1) is 0 Å². The highest BCUT2D eigenvalue weighted by molar-refractivity contribution is 5.98. The Bertz CT molecular complexity index is 855. The van der Waals surface area contributed by atoms with E-state index in [0.29, 0.717) is 17.4 Å². The number of hydrogen-bond donors (Lipinski definition) is 1. The van der Waals surface area contributed by atoms with Gasteiger partial charge in [-0.2, -0.15) is 0 Å². The van der Waals surface area contributed by atoms with E-state index in [2.05, 4.69) is 13.8 Å². The SMILES string of the molecule is CCc1ccc2c(O)c3c(c(OC(=O)OC)c2c1)C1CCC3(C)C1. The van der Waals surface area contributed by atoms with Crippen molar-refractivity contribution in [1.29, 1.82) is 0 Å². The van der Waals surface area contributed by atoms with Gasteiger partial charge in [0.1, 0.15) is 11.5 Å². The van der Waals surface area contributed by atoms with Crippen LogP contribution in [0.1, 0.15) is 55.7 Å². The maximum atomic E-state index is 11.8. The molecule has 2 aliphatic carbocycles. The Balaban J connectivity index is 2.07. The summed E-state index contributed by atoms with van der Waals surface area (Å²) in [4.78, 5) is 11.8. The molecule has 0 saturated heterocycles. The second-order valence-electron chi connectivity index (χ2n) is 7.26. The molecule has 2 atom stereocenters. The zero-order valence-electron chi connectivity index (χ0n) is 14.3. The lowest BCUT2D eigenvalue weighted by molar-refractivity contribution is 0.121. The minimum Gasteiger partial charge on any atom is -0.507 e. The van der Waals surface area contributed by atoms with Crippen LogP contribution in [0.15, 0.2) is 18.2 Å². The molecule has 0 spiro atoms. The lowest BCUT2D eigenvalue weighted by Gasteiger charge is -2.27. The van der Waals surface area contributed by atoms with E-state index < -0.39 is 6.16 Å². The number of aromatic hydroxyl groups is 1. The van der Waals surface area contributed by atoms with Crippen LogP contribution < -0.4 is 4.74 Å². The molecule has 4 nitrogen and oxygen atoms in total. The zero-order valence-corrected chi connectivity index (χ0v) is 14.3. The van der Waals surface area contributed by atoms with E-state index in [9.17, 15) is 9.90 Å². The van der Waals surface area contributed by atoms with Crippen molar-refractivity contribution in [2.24, 2.45) is 0 Å². The van der Waals surface area contributed by atoms with Gasteiger partial charge in [0.2, 0.25) is 0 Å². The van der Waals surface area contributed by atoms with Crippen molar-refractivity contribution in [2.45, 2.75) is 50.9 Å². The van der Waals surface area contributed by atoms with E-state index >= 15 is 0 Å². The predicted octanol–water partition coefficient (Wildman–Crippen LogP) is 4.79. The highest BCUT2D eigenvalue weighted by atomic mass is 16.7. The van der Waals surface area contributed by atoms with Gasteiger partial charge in [-0.3, -0.25) is 0 Å². The molecule has 2 aromatic rings. The summed E-state index contributed by atoms with van der Waals surface area (Å²) in [5, 5.41) is 12.5. The number of ether oxygens (including phenoxy) is 2. The van der Waals surface area contributed by atoms with Crippen LogP contribution in [0.2, 0.25) is 0 Å². The van der Waals surface area contributed by atoms with Crippen molar-refractivity contribution < 1.29 is 19.4 Å². The third-order valence-electron chi connectivity index (χ3n) is 5.85. The third-order valence-corrected chi connectivity index (χ3v) is 5.85. The molecule has 0 heterocycles. The lowest BCUT2D eigenvalue weighted by Crippen LogP contribution is -2.18. The van der Waals surface area contributed by atoms with Crippen LogP contribution in [-0.4, -0.2) is 18.4 Å². The first kappa shape index (κ1) is 15.3. The maximum Gasteiger partial charge on any atom is 0.513 e. The first-order valence-corrected chi connectivity index (χ1v) is 8.56. The molecule has 2 bridgehead atoms. The monoisotopic (exact) mass is 326 g/mol. The average Bonchev–Trinajstić information content (AvgIpc) is 3.11. The smallest absolute Gasteiger partial charge is 0.507 e. The molecule has 1 saturated carbocycles. The molecule has 0 amide bonds. The fraction of sp³-hybridized carbons (Fsp3) is 0.450. The Morgan fingerprint density at radius 1 is 1.38 bits per heavy atom. The summed E-state index contributed by atoms with van der Waals surface area (Å²) in [6.07, 6.45) is 3.31. The van der Waals surface area contributed by atoms with Gasteiger partial charge in [-0.05, 0) is 48.6 Å². The Hall–Kier alpha value is -2.23. The van der Waals surface area contributed by atoms with Crippen molar-refractivity contribution in [3.63, 3.8) is 0 Å². The summed E-state index contributed by atoms with van der Waals surface area (Å²) < 4.78 is 10.3. The number of benzene rings is 2. The molecule has 1 N–H and O–H groups in total. The van der Waals surface area contributed by atoms with Crippen LogP contribution in [0.4, 0.5) is 4.79 Å². The second-order valence-corrected chi connectivity index (χ2v) is 7.26. The normalized spacial score (nSPS) is 24.2. The van der Waals surface area contributed by atoms with Crippen LogP contribution in [0.3, 0.4) is 0 Å². The topological polar surface area (TPSA) is 55.8 Å². The summed E-state index contributed by atoms with van der Waals surface area (Å²) in [5.41, 5.74) is 3.09. The summed E-state index contributed by atoms with van der Waals surface area (Å²) in [6.45, 7) is 4.28. The number of fused-ring (bicyclic) bond motifs is 6. The summed E-state index contributed by atoms with van der Waals surface area (Å²) in [6, 6.07) is 5.97. The van der Waals surface area contributed by atoms with Gasteiger partial charge in [-0.1, -0.05) is 26.0 Å². The summed E-state index contributed by atoms with van der Waals surface area (Å²) in [7, 11) is 1.32. The van der Waals surface area contributed by atoms with Crippen molar-refractivity contribution in [3.05, 3.63) is 34.9 Å².